The molecule has 26 heavy (non-hydrogen) atoms. The van der Waals surface area contributed by atoms with Crippen LogP contribution in [0, 0.1) is 6.92 Å². The van der Waals surface area contributed by atoms with Gasteiger partial charge in [-0.3, -0.25) is 0 Å². The Kier molecular flexibility index (Phi) is 5.29. The van der Waals surface area contributed by atoms with Gasteiger partial charge in [0.25, 0.3) is 10.0 Å². The highest BCUT2D eigenvalue weighted by Gasteiger charge is 2.15. The Bertz CT molecular complexity index is 1060. The van der Waals surface area contributed by atoms with Crippen LogP contribution in [0.25, 0.3) is 11.3 Å². The molecule has 136 valence electrons. The first-order chi connectivity index (χ1) is 12.4. The molecule has 2 aromatic carbocycles. The fourth-order valence-corrected chi connectivity index (χ4v) is 4.92. The Hall–Kier alpha value is -2.38. The molecule has 0 saturated carbocycles. The van der Waals surface area contributed by atoms with Crippen molar-refractivity contribution in [3.63, 3.8) is 0 Å². The predicted molar refractivity (Wildman–Crippen MR) is 104 cm³/mol. The van der Waals surface area contributed by atoms with Crippen molar-refractivity contribution in [2.24, 2.45) is 11.4 Å². The number of benzene rings is 2. The van der Waals surface area contributed by atoms with Crippen molar-refractivity contribution in [1.82, 2.24) is 4.57 Å². The van der Waals surface area contributed by atoms with Crippen molar-refractivity contribution in [3.05, 3.63) is 64.3 Å². The Morgan fingerprint density at radius 3 is 2.35 bits per heavy atom. The Morgan fingerprint density at radius 2 is 1.73 bits per heavy atom. The zero-order valence-electron chi connectivity index (χ0n) is 14.8. The second kappa shape index (κ2) is 7.47. The highest BCUT2D eigenvalue weighted by atomic mass is 32.2. The van der Waals surface area contributed by atoms with E-state index in [1.807, 2.05) is 49.7 Å². The molecule has 0 aliphatic rings. The largest absolute Gasteiger partial charge is 0.494 e. The molecule has 7 heteroatoms. The number of hydrogen-bond acceptors (Lipinski definition) is 4. The summed E-state index contributed by atoms with van der Waals surface area (Å²) in [6.45, 7) is 4.52. The molecule has 0 unspecified atom stereocenters. The second-order valence-corrected chi connectivity index (χ2v) is 8.47. The molecule has 0 spiro atoms. The zero-order chi connectivity index (χ0) is 18.7. The third kappa shape index (κ3) is 3.73. The second-order valence-electron chi connectivity index (χ2n) is 5.69. The first-order valence-electron chi connectivity index (χ1n) is 8.18. The lowest BCUT2D eigenvalue weighted by Gasteiger charge is -2.07. The summed E-state index contributed by atoms with van der Waals surface area (Å²) in [5.74, 6) is 0.809. The predicted octanol–water partition coefficient (Wildman–Crippen LogP) is 3.75. The van der Waals surface area contributed by atoms with Gasteiger partial charge in [-0.25, -0.2) is 0 Å². The molecule has 1 aromatic heterocycles. The molecule has 0 bridgehead atoms. The minimum Gasteiger partial charge on any atom is -0.494 e. The van der Waals surface area contributed by atoms with Crippen LogP contribution in [0.4, 0.5) is 0 Å². The monoisotopic (exact) mass is 388 g/mol. The van der Waals surface area contributed by atoms with Crippen LogP contribution in [0.1, 0.15) is 11.8 Å². The zero-order valence-corrected chi connectivity index (χ0v) is 16.5. The molecule has 0 aliphatic carbocycles. The van der Waals surface area contributed by atoms with Gasteiger partial charge < -0.3 is 9.30 Å². The van der Waals surface area contributed by atoms with E-state index in [2.05, 4.69) is 4.40 Å². The lowest BCUT2D eigenvalue weighted by Crippen LogP contribution is -2.14. The Morgan fingerprint density at radius 1 is 1.08 bits per heavy atom. The van der Waals surface area contributed by atoms with E-state index in [0.29, 0.717) is 11.4 Å². The molecular weight excluding hydrogens is 368 g/mol. The van der Waals surface area contributed by atoms with Crippen molar-refractivity contribution in [2.45, 2.75) is 18.7 Å². The van der Waals surface area contributed by atoms with Crippen molar-refractivity contribution >= 4 is 21.4 Å². The number of aryl methyl sites for hydroxylation is 1. The number of aromatic nitrogens is 1. The molecule has 0 aliphatic heterocycles. The SMILES string of the molecule is CCOc1ccc(-c2c(C)sc(=NS(=O)(=O)c3ccccc3)n2C)cc1. The summed E-state index contributed by atoms with van der Waals surface area (Å²) >= 11 is 1.36. The third-order valence-electron chi connectivity index (χ3n) is 3.88. The van der Waals surface area contributed by atoms with Crippen molar-refractivity contribution in [1.29, 1.82) is 0 Å². The van der Waals surface area contributed by atoms with Gasteiger partial charge in [0.1, 0.15) is 5.75 Å². The Labute approximate surface area is 157 Å². The normalized spacial score (nSPS) is 12.3. The molecule has 0 amide bonds. The van der Waals surface area contributed by atoms with E-state index in [-0.39, 0.29) is 4.90 Å². The summed E-state index contributed by atoms with van der Waals surface area (Å²) in [5, 5.41) is 0. The maximum atomic E-state index is 12.5. The number of sulfonamides is 1. The van der Waals surface area contributed by atoms with Crippen LogP contribution in [-0.2, 0) is 17.1 Å². The van der Waals surface area contributed by atoms with E-state index in [4.69, 9.17) is 4.74 Å². The summed E-state index contributed by atoms with van der Waals surface area (Å²) in [6.07, 6.45) is 0. The van der Waals surface area contributed by atoms with E-state index >= 15 is 0 Å². The maximum absolute atomic E-state index is 12.5. The molecule has 0 N–H and O–H groups in total. The van der Waals surface area contributed by atoms with Crippen LogP contribution in [0.15, 0.2) is 63.9 Å². The molecule has 0 fully saturated rings. The average molecular weight is 389 g/mol. The first-order valence-corrected chi connectivity index (χ1v) is 10.4. The van der Waals surface area contributed by atoms with Crippen LogP contribution in [0.2, 0.25) is 0 Å². The van der Waals surface area contributed by atoms with Crippen LogP contribution < -0.4 is 9.54 Å². The quantitative estimate of drug-likeness (QED) is 0.669. The van der Waals surface area contributed by atoms with Crippen LogP contribution in [-0.4, -0.2) is 19.6 Å². The van der Waals surface area contributed by atoms with Crippen molar-refractivity contribution in [3.8, 4) is 17.0 Å². The van der Waals surface area contributed by atoms with Gasteiger partial charge in [-0.1, -0.05) is 18.2 Å². The molecule has 0 atom stereocenters. The van der Waals surface area contributed by atoms with Crippen LogP contribution >= 0.6 is 11.3 Å². The molecule has 0 radical (unpaired) electrons. The topological polar surface area (TPSA) is 60.7 Å². The Balaban J connectivity index is 2.06. The van der Waals surface area contributed by atoms with E-state index in [9.17, 15) is 8.42 Å². The van der Waals surface area contributed by atoms with E-state index in [1.54, 1.807) is 30.3 Å². The summed E-state index contributed by atoms with van der Waals surface area (Å²) < 4.78 is 36.4. The number of hydrogen-bond donors (Lipinski definition) is 0. The summed E-state index contributed by atoms with van der Waals surface area (Å²) in [5.41, 5.74) is 1.93. The smallest absolute Gasteiger partial charge is 0.285 e. The highest BCUT2D eigenvalue weighted by Crippen LogP contribution is 2.26. The molecule has 1 heterocycles. The fraction of sp³-hybridized carbons (Fsp3) is 0.211. The summed E-state index contributed by atoms with van der Waals surface area (Å²) in [7, 11) is -1.91. The van der Waals surface area contributed by atoms with Gasteiger partial charge in [-0.05, 0) is 55.8 Å². The first kappa shape index (κ1) is 18.4. The van der Waals surface area contributed by atoms with E-state index in [1.165, 1.54) is 11.3 Å². The van der Waals surface area contributed by atoms with E-state index in [0.717, 1.165) is 21.9 Å². The number of nitrogens with zero attached hydrogens (tertiary/aromatic N) is 2. The van der Waals surface area contributed by atoms with Gasteiger partial charge in [0.2, 0.25) is 4.80 Å². The lowest BCUT2D eigenvalue weighted by atomic mass is 10.1. The van der Waals surface area contributed by atoms with Crippen molar-refractivity contribution < 1.29 is 13.2 Å². The van der Waals surface area contributed by atoms with Gasteiger partial charge in [-0.2, -0.15) is 8.42 Å². The highest BCUT2D eigenvalue weighted by molar-refractivity contribution is 7.90. The minimum atomic E-state index is -3.74. The summed E-state index contributed by atoms with van der Waals surface area (Å²) in [4.78, 5) is 1.63. The summed E-state index contributed by atoms with van der Waals surface area (Å²) in [6, 6.07) is 16.0. The molecule has 3 aromatic rings. The van der Waals surface area contributed by atoms with Gasteiger partial charge in [0.05, 0.1) is 17.2 Å². The average Bonchev–Trinajstić information content (AvgIpc) is 2.90. The number of ether oxygens (including phenoxy) is 1. The molecule has 3 rings (SSSR count). The lowest BCUT2D eigenvalue weighted by molar-refractivity contribution is 0.340. The molecule has 0 saturated heterocycles. The fourth-order valence-electron chi connectivity index (χ4n) is 2.69. The minimum absolute atomic E-state index is 0.189. The van der Waals surface area contributed by atoms with Gasteiger partial charge in [0.15, 0.2) is 0 Å². The van der Waals surface area contributed by atoms with Gasteiger partial charge >= 0.3 is 0 Å². The van der Waals surface area contributed by atoms with Crippen LogP contribution in [0.5, 0.6) is 5.75 Å². The number of rotatable bonds is 5. The van der Waals surface area contributed by atoms with E-state index < -0.39 is 10.0 Å². The number of thiazole rings is 1. The third-order valence-corrected chi connectivity index (χ3v) is 6.32. The molecular formula is C19H20N2O3S2. The van der Waals surface area contributed by atoms with Crippen molar-refractivity contribution in [2.75, 3.05) is 6.61 Å². The van der Waals surface area contributed by atoms with Gasteiger partial charge in [0, 0.05) is 11.9 Å². The molecule has 5 nitrogen and oxygen atoms in total. The maximum Gasteiger partial charge on any atom is 0.285 e. The van der Waals surface area contributed by atoms with Gasteiger partial charge in [-0.15, -0.1) is 15.7 Å². The van der Waals surface area contributed by atoms with Crippen LogP contribution in [0.3, 0.4) is 0 Å². The standard InChI is InChI=1S/C19H20N2O3S2/c1-4-24-16-12-10-15(11-13-16)18-14(2)25-19(21(18)3)20-26(22,23)17-8-6-5-7-9-17/h5-13H,4H2,1-3H3.